The average molecular weight is 277 g/mol. The van der Waals surface area contributed by atoms with Gasteiger partial charge in [0, 0.05) is 6.08 Å². The Hall–Kier alpha value is -2.30. The van der Waals surface area contributed by atoms with Gasteiger partial charge in [0.25, 0.3) is 0 Å². The number of ether oxygens (including phenoxy) is 2. The maximum atomic E-state index is 11.4. The molecule has 1 aromatic rings. The number of amides is 1. The molecule has 0 aliphatic rings. The molecule has 5 heteroatoms. The van der Waals surface area contributed by atoms with E-state index in [0.29, 0.717) is 0 Å². The molecule has 108 valence electrons. The molecule has 2 atom stereocenters. The molecule has 1 N–H and O–H groups in total. The monoisotopic (exact) mass is 277 g/mol. The van der Waals surface area contributed by atoms with Crippen molar-refractivity contribution in [3.05, 3.63) is 48.0 Å². The van der Waals surface area contributed by atoms with Crippen LogP contribution in [0.5, 0.6) is 0 Å². The first-order chi connectivity index (χ1) is 9.58. The van der Waals surface area contributed by atoms with Crippen LogP contribution in [0.25, 0.3) is 0 Å². The highest BCUT2D eigenvalue weighted by Crippen LogP contribution is 2.23. The summed E-state index contributed by atoms with van der Waals surface area (Å²) in [6, 6.07) is 9.19. The summed E-state index contributed by atoms with van der Waals surface area (Å²) < 4.78 is 9.18. The van der Waals surface area contributed by atoms with Crippen LogP contribution >= 0.6 is 0 Å². The lowest BCUT2D eigenvalue weighted by molar-refractivity contribution is -0.134. The second kappa shape index (κ2) is 7.99. The van der Waals surface area contributed by atoms with Crippen molar-refractivity contribution < 1.29 is 19.1 Å². The smallest absolute Gasteiger partial charge is 0.407 e. The number of methoxy groups -OCH3 is 2. The second-order valence-electron chi connectivity index (χ2n) is 4.27. The molecule has 5 nitrogen and oxygen atoms in total. The predicted molar refractivity (Wildman–Crippen MR) is 75.0 cm³/mol. The van der Waals surface area contributed by atoms with Crippen LogP contribution in [0.2, 0.25) is 0 Å². The number of hydrogen-bond acceptors (Lipinski definition) is 4. The Bertz CT molecular complexity index is 470. The van der Waals surface area contributed by atoms with Crippen LogP contribution in [0.15, 0.2) is 42.5 Å². The summed E-state index contributed by atoms with van der Waals surface area (Å²) in [5, 5.41) is 2.76. The first kappa shape index (κ1) is 15.8. The second-order valence-corrected chi connectivity index (χ2v) is 4.27. The van der Waals surface area contributed by atoms with Gasteiger partial charge in [0.05, 0.1) is 20.3 Å². The SMILES string of the molecule is COC(=O)/C=C/[C@@H](C)[C@H](NC(=O)OC)c1ccccc1. The van der Waals surface area contributed by atoms with Crippen LogP contribution in [-0.2, 0) is 14.3 Å². The van der Waals surface area contributed by atoms with E-state index in [1.807, 2.05) is 37.3 Å². The summed E-state index contributed by atoms with van der Waals surface area (Å²) in [6.07, 6.45) is 2.52. The molecule has 1 amide bonds. The summed E-state index contributed by atoms with van der Waals surface area (Å²) in [7, 11) is 2.63. The molecule has 0 saturated heterocycles. The fourth-order valence-corrected chi connectivity index (χ4v) is 1.77. The maximum absolute atomic E-state index is 11.4. The van der Waals surface area contributed by atoms with E-state index >= 15 is 0 Å². The summed E-state index contributed by atoms with van der Waals surface area (Å²) in [5.41, 5.74) is 0.930. The van der Waals surface area contributed by atoms with Gasteiger partial charge in [0.15, 0.2) is 0 Å². The van der Waals surface area contributed by atoms with Crippen molar-refractivity contribution in [2.24, 2.45) is 5.92 Å². The van der Waals surface area contributed by atoms with Crippen LogP contribution < -0.4 is 5.32 Å². The average Bonchev–Trinajstić information content (AvgIpc) is 2.50. The number of carbonyl (C=O) groups is 2. The Kier molecular flexibility index (Phi) is 6.29. The Morgan fingerprint density at radius 1 is 1.15 bits per heavy atom. The van der Waals surface area contributed by atoms with Gasteiger partial charge in [-0.1, -0.05) is 43.3 Å². The van der Waals surface area contributed by atoms with Crippen molar-refractivity contribution in [3.8, 4) is 0 Å². The number of esters is 1. The standard InChI is InChI=1S/C15H19NO4/c1-11(9-10-13(17)19-2)14(16-15(18)20-3)12-7-5-4-6-8-12/h4-11,14H,1-3H3,(H,16,18)/b10-9+/t11-,14+/m1/s1. The third-order valence-corrected chi connectivity index (χ3v) is 2.88. The fourth-order valence-electron chi connectivity index (χ4n) is 1.77. The zero-order chi connectivity index (χ0) is 15.0. The third-order valence-electron chi connectivity index (χ3n) is 2.88. The van der Waals surface area contributed by atoms with E-state index in [1.165, 1.54) is 20.3 Å². The first-order valence-electron chi connectivity index (χ1n) is 6.24. The van der Waals surface area contributed by atoms with Crippen molar-refractivity contribution in [3.63, 3.8) is 0 Å². The normalized spacial score (nSPS) is 13.6. The van der Waals surface area contributed by atoms with Gasteiger partial charge in [-0.25, -0.2) is 9.59 Å². The molecule has 1 aromatic carbocycles. The Labute approximate surface area is 118 Å². The third kappa shape index (κ3) is 4.76. The predicted octanol–water partition coefficient (Wildman–Crippen LogP) is 2.45. The van der Waals surface area contributed by atoms with Gasteiger partial charge in [-0.3, -0.25) is 0 Å². The van der Waals surface area contributed by atoms with Crippen molar-refractivity contribution in [2.45, 2.75) is 13.0 Å². The Balaban J connectivity index is 2.90. The summed E-state index contributed by atoms with van der Waals surface area (Å²) in [6.45, 7) is 1.90. The fraction of sp³-hybridized carbons (Fsp3) is 0.333. The summed E-state index contributed by atoms with van der Waals surface area (Å²) >= 11 is 0. The number of nitrogens with one attached hydrogen (secondary N) is 1. The minimum Gasteiger partial charge on any atom is -0.466 e. The molecule has 0 fully saturated rings. The van der Waals surface area contributed by atoms with E-state index in [0.717, 1.165) is 5.56 Å². The minimum atomic E-state index is -0.517. The van der Waals surface area contributed by atoms with Gasteiger partial charge in [-0.15, -0.1) is 0 Å². The van der Waals surface area contributed by atoms with Crippen LogP contribution in [0.4, 0.5) is 4.79 Å². The largest absolute Gasteiger partial charge is 0.466 e. The molecule has 1 rings (SSSR count). The van der Waals surface area contributed by atoms with E-state index in [2.05, 4.69) is 14.8 Å². The molecule has 0 bridgehead atoms. The number of alkyl carbamates (subject to hydrolysis) is 1. The Morgan fingerprint density at radius 2 is 1.80 bits per heavy atom. The van der Waals surface area contributed by atoms with Gasteiger partial charge in [0.1, 0.15) is 0 Å². The van der Waals surface area contributed by atoms with Gasteiger partial charge >= 0.3 is 12.1 Å². The number of hydrogen-bond donors (Lipinski definition) is 1. The molecule has 0 aromatic heterocycles. The number of rotatable bonds is 5. The van der Waals surface area contributed by atoms with Gasteiger partial charge in [-0.05, 0) is 11.5 Å². The van der Waals surface area contributed by atoms with E-state index in [9.17, 15) is 9.59 Å². The van der Waals surface area contributed by atoms with E-state index < -0.39 is 12.1 Å². The van der Waals surface area contributed by atoms with Crippen LogP contribution in [0, 0.1) is 5.92 Å². The molecule has 0 aliphatic heterocycles. The van der Waals surface area contributed by atoms with E-state index in [4.69, 9.17) is 0 Å². The molecular formula is C15H19NO4. The molecule has 0 radical (unpaired) electrons. The lowest BCUT2D eigenvalue weighted by atomic mass is 9.94. The zero-order valence-electron chi connectivity index (χ0n) is 11.8. The highest BCUT2D eigenvalue weighted by Gasteiger charge is 2.20. The topological polar surface area (TPSA) is 64.6 Å². The lowest BCUT2D eigenvalue weighted by Crippen LogP contribution is -2.32. The molecular weight excluding hydrogens is 258 g/mol. The Morgan fingerprint density at radius 3 is 2.35 bits per heavy atom. The highest BCUT2D eigenvalue weighted by molar-refractivity contribution is 5.81. The molecule has 0 unspecified atom stereocenters. The first-order valence-corrected chi connectivity index (χ1v) is 6.24. The molecule has 20 heavy (non-hydrogen) atoms. The lowest BCUT2D eigenvalue weighted by Gasteiger charge is -2.22. The number of benzene rings is 1. The zero-order valence-corrected chi connectivity index (χ0v) is 11.8. The van der Waals surface area contributed by atoms with Crippen LogP contribution in [0.3, 0.4) is 0 Å². The van der Waals surface area contributed by atoms with Crippen molar-refractivity contribution in [1.82, 2.24) is 5.32 Å². The van der Waals surface area contributed by atoms with Gasteiger partial charge in [0.2, 0.25) is 0 Å². The van der Waals surface area contributed by atoms with Gasteiger partial charge < -0.3 is 14.8 Å². The van der Waals surface area contributed by atoms with Crippen LogP contribution in [-0.4, -0.2) is 26.3 Å². The molecule has 0 spiro atoms. The highest BCUT2D eigenvalue weighted by atomic mass is 16.5. The maximum Gasteiger partial charge on any atom is 0.407 e. The van der Waals surface area contributed by atoms with Crippen molar-refractivity contribution in [1.29, 1.82) is 0 Å². The van der Waals surface area contributed by atoms with E-state index in [-0.39, 0.29) is 12.0 Å². The van der Waals surface area contributed by atoms with Crippen molar-refractivity contribution >= 4 is 12.1 Å². The van der Waals surface area contributed by atoms with Gasteiger partial charge in [-0.2, -0.15) is 0 Å². The molecule has 0 aliphatic carbocycles. The summed E-state index contributed by atoms with van der Waals surface area (Å²) in [4.78, 5) is 22.6. The molecule has 0 saturated carbocycles. The summed E-state index contributed by atoms with van der Waals surface area (Å²) in [5.74, 6) is -0.530. The van der Waals surface area contributed by atoms with Crippen LogP contribution in [0.1, 0.15) is 18.5 Å². The minimum absolute atomic E-state index is 0.101. The molecule has 0 heterocycles. The quantitative estimate of drug-likeness (QED) is 0.663. The van der Waals surface area contributed by atoms with Crippen molar-refractivity contribution in [2.75, 3.05) is 14.2 Å². The van der Waals surface area contributed by atoms with E-state index in [1.54, 1.807) is 6.08 Å². The number of carbonyl (C=O) groups excluding carboxylic acids is 2.